The third-order valence-electron chi connectivity index (χ3n) is 3.69. The summed E-state index contributed by atoms with van der Waals surface area (Å²) in [6.07, 6.45) is 4.61. The number of hydrogen-bond acceptors (Lipinski definition) is 0. The molecule has 0 spiro atoms. The van der Waals surface area contributed by atoms with Crippen LogP contribution in [0.1, 0.15) is 25.5 Å². The van der Waals surface area contributed by atoms with E-state index in [1.54, 1.807) is 0 Å². The van der Waals surface area contributed by atoms with Gasteiger partial charge in [0.25, 0.3) is 0 Å². The van der Waals surface area contributed by atoms with Gasteiger partial charge in [0.15, 0.2) is 0 Å². The first-order valence-electron chi connectivity index (χ1n) is 6.71. The van der Waals surface area contributed by atoms with Gasteiger partial charge in [-0.3, -0.25) is 0 Å². The molecule has 0 N–H and O–H groups in total. The number of para-hydroxylation sites is 2. The molecule has 3 rings (SSSR count). The molecule has 1 aromatic carbocycles. The van der Waals surface area contributed by atoms with Crippen LogP contribution in [0.4, 0.5) is 0 Å². The van der Waals surface area contributed by atoms with Gasteiger partial charge in [-0.05, 0) is 18.2 Å². The van der Waals surface area contributed by atoms with E-state index < -0.39 is 0 Å². The highest BCUT2D eigenvalue weighted by Crippen LogP contribution is 2.17. The number of halogens is 1. The molecule has 0 aliphatic carbocycles. The molecule has 0 amide bonds. The number of rotatable bonds is 3. The van der Waals surface area contributed by atoms with Gasteiger partial charge in [-0.2, -0.15) is 4.57 Å². The molecular formula is C16H19IN2. The van der Waals surface area contributed by atoms with Crippen molar-refractivity contribution in [2.24, 2.45) is 0 Å². The van der Waals surface area contributed by atoms with Crippen LogP contribution in [0.3, 0.4) is 0 Å². The molecular weight excluding hydrogens is 347 g/mol. The Balaban J connectivity index is 0.00000133. The summed E-state index contributed by atoms with van der Waals surface area (Å²) in [6.45, 7) is 5.57. The van der Waals surface area contributed by atoms with E-state index in [-0.39, 0.29) is 24.0 Å². The van der Waals surface area contributed by atoms with E-state index in [4.69, 9.17) is 0 Å². The van der Waals surface area contributed by atoms with Gasteiger partial charge in [0, 0.05) is 25.6 Å². The predicted molar refractivity (Wildman–Crippen MR) is 74.7 cm³/mol. The molecule has 0 saturated carbocycles. The number of unbranched alkanes of at least 4 members (excludes halogenated alkanes) is 1. The highest BCUT2D eigenvalue weighted by Gasteiger charge is 2.17. The number of hydrogen-bond donors (Lipinski definition) is 0. The van der Waals surface area contributed by atoms with E-state index in [9.17, 15) is 0 Å². The second-order valence-electron chi connectivity index (χ2n) is 4.84. The fourth-order valence-corrected chi connectivity index (χ4v) is 2.71. The van der Waals surface area contributed by atoms with Gasteiger partial charge in [0.1, 0.15) is 17.6 Å². The van der Waals surface area contributed by atoms with Crippen LogP contribution in [-0.2, 0) is 6.54 Å². The molecule has 2 aromatic heterocycles. The Labute approximate surface area is 131 Å². The molecule has 0 aliphatic heterocycles. The first-order valence-corrected chi connectivity index (χ1v) is 6.71. The minimum atomic E-state index is 0. The summed E-state index contributed by atoms with van der Waals surface area (Å²) in [5, 5.41) is 0. The normalized spacial score (nSPS) is 10.8. The topological polar surface area (TPSA) is 8.29 Å². The fourth-order valence-electron chi connectivity index (χ4n) is 2.71. The van der Waals surface area contributed by atoms with Gasteiger partial charge in [-0.1, -0.05) is 25.5 Å². The molecule has 3 heteroatoms. The van der Waals surface area contributed by atoms with Gasteiger partial charge < -0.3 is 28.4 Å². The van der Waals surface area contributed by atoms with Crippen molar-refractivity contribution < 1.29 is 28.5 Å². The Morgan fingerprint density at radius 2 is 1.79 bits per heavy atom. The molecule has 0 bridgehead atoms. The van der Waals surface area contributed by atoms with Gasteiger partial charge >= 0.3 is 0 Å². The number of aromatic nitrogens is 2. The molecule has 0 unspecified atom stereocenters. The Morgan fingerprint density at radius 3 is 2.58 bits per heavy atom. The molecule has 0 fully saturated rings. The standard InChI is InChI=1S/C16H19N2.HI/c1-3-4-11-17-13(2)14-10-7-12-18(14)16-9-6-5-8-15(16)17;/h5-10,12H,3-4,11H2,1-2H3;1H/q+1;/p-1. The van der Waals surface area contributed by atoms with Crippen LogP contribution in [0.15, 0.2) is 42.6 Å². The van der Waals surface area contributed by atoms with Crippen molar-refractivity contribution in [2.75, 3.05) is 0 Å². The Bertz CT molecular complexity index is 700. The zero-order valence-electron chi connectivity index (χ0n) is 11.4. The summed E-state index contributed by atoms with van der Waals surface area (Å²) in [5.41, 5.74) is 5.28. The molecule has 2 heterocycles. The summed E-state index contributed by atoms with van der Waals surface area (Å²) in [7, 11) is 0. The predicted octanol–water partition coefficient (Wildman–Crippen LogP) is 0.493. The van der Waals surface area contributed by atoms with Crippen molar-refractivity contribution in [3.05, 3.63) is 48.3 Å². The van der Waals surface area contributed by atoms with E-state index in [0.29, 0.717) is 0 Å². The van der Waals surface area contributed by atoms with Crippen LogP contribution < -0.4 is 28.5 Å². The minimum Gasteiger partial charge on any atom is -1.00 e. The van der Waals surface area contributed by atoms with Crippen molar-refractivity contribution in [3.63, 3.8) is 0 Å². The number of nitrogens with zero attached hydrogens (tertiary/aromatic N) is 2. The SMILES string of the molecule is CCCC[n+]1c(C)c2cccn2c2ccccc21.[I-]. The molecule has 3 aromatic rings. The highest BCUT2D eigenvalue weighted by molar-refractivity contribution is 5.76. The molecule has 0 aliphatic rings. The van der Waals surface area contributed by atoms with Crippen LogP contribution >= 0.6 is 0 Å². The third-order valence-corrected chi connectivity index (χ3v) is 3.69. The second-order valence-corrected chi connectivity index (χ2v) is 4.84. The van der Waals surface area contributed by atoms with Crippen molar-refractivity contribution in [1.82, 2.24) is 4.40 Å². The number of aryl methyl sites for hydroxylation is 2. The number of fused-ring (bicyclic) bond motifs is 3. The highest BCUT2D eigenvalue weighted by atomic mass is 127. The van der Waals surface area contributed by atoms with Crippen LogP contribution in [0, 0.1) is 6.92 Å². The van der Waals surface area contributed by atoms with Crippen molar-refractivity contribution >= 4 is 16.6 Å². The van der Waals surface area contributed by atoms with Crippen LogP contribution in [0.25, 0.3) is 16.6 Å². The number of benzene rings is 1. The summed E-state index contributed by atoms with van der Waals surface area (Å²) < 4.78 is 4.74. The molecule has 0 atom stereocenters. The molecule has 2 nitrogen and oxygen atoms in total. The lowest BCUT2D eigenvalue weighted by Gasteiger charge is -2.08. The smallest absolute Gasteiger partial charge is 0.229 e. The Hall–Kier alpha value is -1.10. The molecule has 0 radical (unpaired) electrons. The van der Waals surface area contributed by atoms with Crippen molar-refractivity contribution in [2.45, 2.75) is 33.2 Å². The van der Waals surface area contributed by atoms with E-state index in [2.05, 4.69) is 65.4 Å². The summed E-state index contributed by atoms with van der Waals surface area (Å²) in [6, 6.07) is 13.0. The maximum Gasteiger partial charge on any atom is 0.229 e. The summed E-state index contributed by atoms with van der Waals surface area (Å²) >= 11 is 0. The van der Waals surface area contributed by atoms with Gasteiger partial charge in [-0.25, -0.2) is 0 Å². The average Bonchev–Trinajstić information content (AvgIpc) is 2.88. The first kappa shape index (κ1) is 14.3. The minimum absolute atomic E-state index is 0. The average molecular weight is 366 g/mol. The van der Waals surface area contributed by atoms with Crippen LogP contribution in [0.2, 0.25) is 0 Å². The largest absolute Gasteiger partial charge is 1.00 e. The molecule has 100 valence electrons. The van der Waals surface area contributed by atoms with Crippen LogP contribution in [0.5, 0.6) is 0 Å². The lowest BCUT2D eigenvalue weighted by molar-refractivity contribution is -0.676. The lowest BCUT2D eigenvalue weighted by Crippen LogP contribution is -3.00. The van der Waals surface area contributed by atoms with E-state index in [1.807, 2.05) is 0 Å². The monoisotopic (exact) mass is 366 g/mol. The quantitative estimate of drug-likeness (QED) is 0.471. The first-order chi connectivity index (χ1) is 8.83. The fraction of sp³-hybridized carbons (Fsp3) is 0.312. The Kier molecular flexibility index (Phi) is 4.45. The van der Waals surface area contributed by atoms with Gasteiger partial charge in [-0.15, -0.1) is 0 Å². The zero-order chi connectivity index (χ0) is 12.5. The van der Waals surface area contributed by atoms with Crippen LogP contribution in [-0.4, -0.2) is 4.40 Å². The van der Waals surface area contributed by atoms with E-state index in [0.717, 1.165) is 6.54 Å². The van der Waals surface area contributed by atoms with Gasteiger partial charge in [0.05, 0.1) is 0 Å². The zero-order valence-corrected chi connectivity index (χ0v) is 13.6. The van der Waals surface area contributed by atoms with E-state index >= 15 is 0 Å². The third kappa shape index (κ3) is 2.36. The molecule has 19 heavy (non-hydrogen) atoms. The van der Waals surface area contributed by atoms with Gasteiger partial charge in [0.2, 0.25) is 11.2 Å². The maximum atomic E-state index is 2.45. The van der Waals surface area contributed by atoms with Crippen molar-refractivity contribution in [1.29, 1.82) is 0 Å². The second kappa shape index (κ2) is 5.90. The van der Waals surface area contributed by atoms with Crippen molar-refractivity contribution in [3.8, 4) is 0 Å². The Morgan fingerprint density at radius 1 is 1.05 bits per heavy atom. The summed E-state index contributed by atoms with van der Waals surface area (Å²) in [5.74, 6) is 0. The molecule has 0 saturated heterocycles. The summed E-state index contributed by atoms with van der Waals surface area (Å²) in [4.78, 5) is 0. The van der Waals surface area contributed by atoms with E-state index in [1.165, 1.54) is 35.1 Å². The lowest BCUT2D eigenvalue weighted by atomic mass is 10.2. The maximum absolute atomic E-state index is 2.45.